The number of likely N-dealkylation sites (tertiary alicyclic amines) is 1. The Labute approximate surface area is 190 Å². The molecule has 1 aromatic carbocycles. The lowest BCUT2D eigenvalue weighted by atomic mass is 9.76. The smallest absolute Gasteiger partial charge is 0.283 e. The molecule has 142 valence electrons. The highest BCUT2D eigenvalue weighted by Gasteiger charge is 2.35. The highest BCUT2D eigenvalue weighted by atomic mass is 127. The summed E-state index contributed by atoms with van der Waals surface area (Å²) < 4.78 is 2.46. The van der Waals surface area contributed by atoms with E-state index in [-0.39, 0.29) is 3.91 Å². The minimum absolute atomic E-state index is 0.160. The number of hydrogen-bond acceptors (Lipinski definition) is 2. The van der Waals surface area contributed by atoms with Crippen molar-refractivity contribution in [2.45, 2.75) is 38.5 Å². The molecule has 6 heteroatoms. The Morgan fingerprint density at radius 2 is 1.96 bits per heavy atom. The van der Waals surface area contributed by atoms with Crippen molar-refractivity contribution < 1.29 is 4.79 Å². The molecule has 0 saturated carbocycles. The summed E-state index contributed by atoms with van der Waals surface area (Å²) in [5.74, 6) is 0.810. The first-order valence-electron chi connectivity index (χ1n) is 9.32. The number of carbonyl (C=O) groups is 1. The van der Waals surface area contributed by atoms with Gasteiger partial charge in [0.15, 0.2) is 0 Å². The van der Waals surface area contributed by atoms with Crippen molar-refractivity contribution in [3.05, 3.63) is 61.3 Å². The molecule has 1 aromatic heterocycles. The number of aromatic nitrogens is 1. The molecular weight excluding hydrogens is 583 g/mol. The predicted molar refractivity (Wildman–Crippen MR) is 124 cm³/mol. The summed E-state index contributed by atoms with van der Waals surface area (Å²) in [5.41, 5.74) is 6.72. The minimum atomic E-state index is 0.160. The number of aryl methyl sites for hydroxylation is 2. The Kier molecular flexibility index (Phi) is 5.95. The van der Waals surface area contributed by atoms with E-state index in [1.165, 1.54) is 32.4 Å². The maximum Gasteiger partial charge on any atom is 0.283 e. The average molecular weight is 604 g/mol. The highest BCUT2D eigenvalue weighted by molar-refractivity contribution is 14.1. The van der Waals surface area contributed by atoms with E-state index >= 15 is 0 Å². The summed E-state index contributed by atoms with van der Waals surface area (Å²) >= 11 is 9.36. The molecule has 1 amide bonds. The first-order valence-corrected chi connectivity index (χ1v) is 12.0. The molecule has 0 spiro atoms. The van der Waals surface area contributed by atoms with Crippen molar-refractivity contribution in [3.8, 4) is 0 Å². The average Bonchev–Trinajstić information content (AvgIpc) is 2.81. The molecule has 2 aliphatic rings. The molecule has 1 aliphatic carbocycles. The van der Waals surface area contributed by atoms with Crippen LogP contribution in [0.3, 0.4) is 0 Å². The second kappa shape index (κ2) is 8.11. The molecule has 3 nitrogen and oxygen atoms in total. The van der Waals surface area contributed by atoms with Crippen LogP contribution in [0, 0.1) is 12.8 Å². The first kappa shape index (κ1) is 19.8. The molecule has 27 heavy (non-hydrogen) atoms. The number of piperidine rings is 1. The van der Waals surface area contributed by atoms with E-state index in [2.05, 4.69) is 57.0 Å². The second-order valence-electron chi connectivity index (χ2n) is 7.52. The van der Waals surface area contributed by atoms with Crippen molar-refractivity contribution in [3.63, 3.8) is 0 Å². The van der Waals surface area contributed by atoms with Crippen LogP contribution in [-0.2, 0) is 12.8 Å². The van der Waals surface area contributed by atoms with Gasteiger partial charge in [0.2, 0.25) is 0 Å². The Hall–Kier alpha value is -0.470. The Morgan fingerprint density at radius 1 is 1.22 bits per heavy atom. The van der Waals surface area contributed by atoms with Gasteiger partial charge < -0.3 is 4.90 Å². The van der Waals surface area contributed by atoms with E-state index < -0.39 is 0 Å². The summed E-state index contributed by atoms with van der Waals surface area (Å²) in [4.78, 5) is 18.6. The molecule has 0 bridgehead atoms. The van der Waals surface area contributed by atoms with Gasteiger partial charge in [0.25, 0.3) is 3.91 Å². The molecule has 1 saturated heterocycles. The van der Waals surface area contributed by atoms with E-state index in [0.717, 1.165) is 43.2 Å². The molecule has 2 heterocycles. The SMILES string of the molecule is Cc1ccc2c(c1Br)CCc1cc(Br)cnc1C2C1CCN(C(=O)I)CC1. The largest absolute Gasteiger partial charge is 0.334 e. The number of halogens is 3. The van der Waals surface area contributed by atoms with E-state index in [9.17, 15) is 4.79 Å². The topological polar surface area (TPSA) is 33.2 Å². The van der Waals surface area contributed by atoms with Gasteiger partial charge in [0.1, 0.15) is 0 Å². The lowest BCUT2D eigenvalue weighted by Crippen LogP contribution is -2.37. The lowest BCUT2D eigenvalue weighted by molar-refractivity contribution is 0.189. The molecule has 1 atom stereocenters. The van der Waals surface area contributed by atoms with Crippen LogP contribution in [-0.4, -0.2) is 26.9 Å². The quantitative estimate of drug-likeness (QED) is 0.214. The van der Waals surface area contributed by atoms with E-state index in [1.807, 2.05) is 33.7 Å². The monoisotopic (exact) mass is 602 g/mol. The third kappa shape index (κ3) is 3.86. The third-order valence-electron chi connectivity index (χ3n) is 5.97. The summed E-state index contributed by atoms with van der Waals surface area (Å²) in [6.45, 7) is 3.85. The van der Waals surface area contributed by atoms with Gasteiger partial charge in [-0.2, -0.15) is 0 Å². The lowest BCUT2D eigenvalue weighted by Gasteiger charge is -2.36. The van der Waals surface area contributed by atoms with Gasteiger partial charge in [0, 0.05) is 56.7 Å². The number of fused-ring (bicyclic) bond motifs is 2. The van der Waals surface area contributed by atoms with E-state index in [0.29, 0.717) is 11.8 Å². The van der Waals surface area contributed by atoms with Crippen LogP contribution in [0.5, 0.6) is 0 Å². The van der Waals surface area contributed by atoms with E-state index in [1.54, 1.807) is 0 Å². The van der Waals surface area contributed by atoms with Crippen molar-refractivity contribution in [2.24, 2.45) is 5.92 Å². The predicted octanol–water partition coefficient (Wildman–Crippen LogP) is 6.41. The number of rotatable bonds is 1. The number of nitrogens with zero attached hydrogens (tertiary/aromatic N) is 2. The fourth-order valence-corrected chi connectivity index (χ4v) is 5.98. The number of benzene rings is 1. The van der Waals surface area contributed by atoms with Crippen molar-refractivity contribution in [1.29, 1.82) is 0 Å². The standard InChI is InChI=1S/C21H21Br2IN2O/c1-12-2-4-16-17(19(12)23)5-3-14-10-15(22)11-25-20(14)18(16)13-6-8-26(9-7-13)21(24)27/h2,4,10-11,13,18H,3,5-9H2,1H3. The summed E-state index contributed by atoms with van der Waals surface area (Å²) in [7, 11) is 0. The zero-order valence-corrected chi connectivity index (χ0v) is 20.5. The van der Waals surface area contributed by atoms with Gasteiger partial charge in [-0.15, -0.1) is 0 Å². The first-order chi connectivity index (χ1) is 13.0. The van der Waals surface area contributed by atoms with Crippen LogP contribution in [0.1, 0.15) is 46.7 Å². The molecule has 1 fully saturated rings. The Morgan fingerprint density at radius 3 is 2.67 bits per heavy atom. The molecule has 4 rings (SSSR count). The van der Waals surface area contributed by atoms with Gasteiger partial charge in [-0.05, 0) is 82.8 Å². The van der Waals surface area contributed by atoms with Gasteiger partial charge in [-0.1, -0.05) is 28.1 Å². The van der Waals surface area contributed by atoms with Crippen molar-refractivity contribution in [2.75, 3.05) is 13.1 Å². The van der Waals surface area contributed by atoms with Gasteiger partial charge >= 0.3 is 0 Å². The number of pyridine rings is 1. The maximum absolute atomic E-state index is 11.7. The summed E-state index contributed by atoms with van der Waals surface area (Å²) in [5, 5.41) is 0. The number of hydrogen-bond donors (Lipinski definition) is 0. The van der Waals surface area contributed by atoms with Crippen LogP contribution < -0.4 is 0 Å². The normalized spacial score (nSPS) is 20.0. The van der Waals surface area contributed by atoms with Gasteiger partial charge in [-0.25, -0.2) is 0 Å². The Balaban J connectivity index is 1.79. The fourth-order valence-electron chi connectivity index (χ4n) is 4.56. The van der Waals surface area contributed by atoms with Gasteiger partial charge in [0.05, 0.1) is 5.69 Å². The molecule has 0 radical (unpaired) electrons. The van der Waals surface area contributed by atoms with Crippen LogP contribution in [0.25, 0.3) is 0 Å². The highest BCUT2D eigenvalue weighted by Crippen LogP contribution is 2.44. The molecule has 1 unspecified atom stereocenters. The molecule has 2 aromatic rings. The fraction of sp³-hybridized carbons (Fsp3) is 0.429. The van der Waals surface area contributed by atoms with E-state index in [4.69, 9.17) is 4.98 Å². The molecule has 0 N–H and O–H groups in total. The zero-order valence-electron chi connectivity index (χ0n) is 15.1. The summed E-state index contributed by atoms with van der Waals surface area (Å²) in [6.07, 6.45) is 6.04. The van der Waals surface area contributed by atoms with Crippen LogP contribution in [0.15, 0.2) is 33.3 Å². The molecular formula is C21H21Br2IN2O. The van der Waals surface area contributed by atoms with Crippen LogP contribution in [0.2, 0.25) is 0 Å². The third-order valence-corrected chi connectivity index (χ3v) is 8.19. The molecule has 1 aliphatic heterocycles. The van der Waals surface area contributed by atoms with Crippen molar-refractivity contribution >= 4 is 58.4 Å². The maximum atomic E-state index is 11.7. The number of amides is 1. The van der Waals surface area contributed by atoms with Crippen molar-refractivity contribution in [1.82, 2.24) is 9.88 Å². The van der Waals surface area contributed by atoms with Crippen LogP contribution >= 0.6 is 54.5 Å². The second-order valence-corrected chi connectivity index (χ2v) is 10.1. The summed E-state index contributed by atoms with van der Waals surface area (Å²) in [6, 6.07) is 6.78. The number of carbonyl (C=O) groups excluding carboxylic acids is 1. The van der Waals surface area contributed by atoms with Gasteiger partial charge in [-0.3, -0.25) is 9.78 Å². The van der Waals surface area contributed by atoms with Crippen LogP contribution in [0.4, 0.5) is 4.79 Å². The zero-order chi connectivity index (χ0) is 19.1. The minimum Gasteiger partial charge on any atom is -0.334 e. The Bertz CT molecular complexity index is 894.